The van der Waals surface area contributed by atoms with E-state index in [0.29, 0.717) is 21.8 Å². The van der Waals surface area contributed by atoms with Gasteiger partial charge in [0.2, 0.25) is 0 Å². The molecule has 3 aromatic rings. The van der Waals surface area contributed by atoms with Gasteiger partial charge in [-0.1, -0.05) is 43.3 Å². The summed E-state index contributed by atoms with van der Waals surface area (Å²) in [6.45, 7) is 2.11. The van der Waals surface area contributed by atoms with Crippen molar-refractivity contribution in [3.05, 3.63) is 76.2 Å². The lowest BCUT2D eigenvalue weighted by atomic mass is 10.1. The minimum atomic E-state index is -0.530. The highest BCUT2D eigenvalue weighted by Gasteiger charge is 2.10. The smallest absolute Gasteiger partial charge is 0.250 e. The van der Waals surface area contributed by atoms with Gasteiger partial charge in [0.1, 0.15) is 16.6 Å². The lowest BCUT2D eigenvalue weighted by molar-refractivity contribution is 0.100. The summed E-state index contributed by atoms with van der Waals surface area (Å²) >= 11 is 1.40. The molecule has 6 heteroatoms. The average molecular weight is 374 g/mol. The second-order valence-electron chi connectivity index (χ2n) is 5.81. The molecule has 0 aliphatic carbocycles. The Morgan fingerprint density at radius 3 is 2.67 bits per heavy atom. The number of para-hydroxylation sites is 1. The molecule has 0 aliphatic rings. The van der Waals surface area contributed by atoms with Gasteiger partial charge < -0.3 is 11.1 Å². The highest BCUT2D eigenvalue weighted by molar-refractivity contribution is 7.11. The van der Waals surface area contributed by atoms with Gasteiger partial charge in [-0.05, 0) is 24.1 Å². The van der Waals surface area contributed by atoms with E-state index in [-0.39, 0.29) is 0 Å². The van der Waals surface area contributed by atoms with Crippen molar-refractivity contribution in [1.82, 2.24) is 4.98 Å². The van der Waals surface area contributed by atoms with E-state index in [1.165, 1.54) is 16.9 Å². The van der Waals surface area contributed by atoms with Gasteiger partial charge in [-0.3, -0.25) is 4.79 Å². The van der Waals surface area contributed by atoms with Gasteiger partial charge in [0.05, 0.1) is 16.9 Å². The number of nitrogens with two attached hydrogens (primary N) is 1. The second kappa shape index (κ2) is 8.30. The van der Waals surface area contributed by atoms with Gasteiger partial charge in [0, 0.05) is 17.1 Å². The van der Waals surface area contributed by atoms with Gasteiger partial charge in [-0.2, -0.15) is 5.26 Å². The van der Waals surface area contributed by atoms with Crippen LogP contribution in [0.1, 0.15) is 27.9 Å². The van der Waals surface area contributed by atoms with Crippen LogP contribution in [0.15, 0.2) is 60.1 Å². The number of benzene rings is 2. The third kappa shape index (κ3) is 4.22. The van der Waals surface area contributed by atoms with Gasteiger partial charge in [0.15, 0.2) is 0 Å². The number of carbonyl (C=O) groups excluding carboxylic acids is 1. The summed E-state index contributed by atoms with van der Waals surface area (Å²) in [6.07, 6.45) is 2.53. The van der Waals surface area contributed by atoms with Gasteiger partial charge in [-0.25, -0.2) is 4.98 Å². The normalized spacial score (nSPS) is 11.0. The average Bonchev–Trinajstić information content (AvgIpc) is 3.19. The molecule has 1 aromatic heterocycles. The van der Waals surface area contributed by atoms with Crippen molar-refractivity contribution >= 4 is 28.5 Å². The third-order valence-corrected chi connectivity index (χ3v) is 4.95. The van der Waals surface area contributed by atoms with Crippen molar-refractivity contribution in [2.24, 2.45) is 5.73 Å². The van der Waals surface area contributed by atoms with Crippen LogP contribution in [0.25, 0.3) is 16.8 Å². The van der Waals surface area contributed by atoms with Crippen molar-refractivity contribution in [3.8, 4) is 17.3 Å². The molecular formula is C21H18N4OS. The molecule has 0 atom stereocenters. The molecule has 3 rings (SSSR count). The number of aryl methyl sites for hydroxylation is 1. The summed E-state index contributed by atoms with van der Waals surface area (Å²) in [5.74, 6) is -0.530. The molecule has 134 valence electrons. The third-order valence-electron chi connectivity index (χ3n) is 4.08. The summed E-state index contributed by atoms with van der Waals surface area (Å²) in [4.78, 5) is 16.1. The molecule has 1 heterocycles. The number of nitrogens with zero attached hydrogens (tertiary/aromatic N) is 2. The fourth-order valence-electron chi connectivity index (χ4n) is 2.56. The summed E-state index contributed by atoms with van der Waals surface area (Å²) < 4.78 is 0. The van der Waals surface area contributed by atoms with Crippen LogP contribution >= 0.6 is 11.3 Å². The number of carbonyl (C=O) groups is 1. The molecule has 0 saturated carbocycles. The Balaban J connectivity index is 1.84. The maximum atomic E-state index is 11.5. The Labute approximate surface area is 161 Å². The Morgan fingerprint density at radius 1 is 1.26 bits per heavy atom. The number of thiazole rings is 1. The highest BCUT2D eigenvalue weighted by atomic mass is 32.1. The minimum Gasteiger partial charge on any atom is -0.366 e. The maximum absolute atomic E-state index is 11.5. The van der Waals surface area contributed by atoms with E-state index in [1.807, 2.05) is 17.5 Å². The van der Waals surface area contributed by atoms with E-state index < -0.39 is 5.91 Å². The highest BCUT2D eigenvalue weighted by Crippen LogP contribution is 2.26. The standard InChI is InChI=1S/C21H18N4OS/c1-2-14-7-9-15(10-8-14)19-13-27-21(25-19)16(11-22)12-24-18-6-4-3-5-17(18)20(23)26/h3-10,12-13,24H,2H2,1H3,(H2,23,26). The van der Waals surface area contributed by atoms with E-state index in [2.05, 4.69) is 35.4 Å². The fraction of sp³-hybridized carbons (Fsp3) is 0.0952. The monoisotopic (exact) mass is 374 g/mol. The summed E-state index contributed by atoms with van der Waals surface area (Å²) in [7, 11) is 0. The first kappa shape index (κ1) is 18.4. The van der Waals surface area contributed by atoms with Crippen LogP contribution in [0.3, 0.4) is 0 Å². The molecular weight excluding hydrogens is 356 g/mol. The van der Waals surface area contributed by atoms with Crippen molar-refractivity contribution in [1.29, 1.82) is 5.26 Å². The molecule has 2 aromatic carbocycles. The molecule has 27 heavy (non-hydrogen) atoms. The summed E-state index contributed by atoms with van der Waals surface area (Å²) in [5.41, 5.74) is 9.78. The molecule has 0 bridgehead atoms. The Morgan fingerprint density at radius 2 is 2.00 bits per heavy atom. The van der Waals surface area contributed by atoms with Gasteiger partial charge in [-0.15, -0.1) is 11.3 Å². The predicted octanol–water partition coefficient (Wildman–Crippen LogP) is 4.45. The van der Waals surface area contributed by atoms with E-state index in [1.54, 1.807) is 30.5 Å². The van der Waals surface area contributed by atoms with Crippen molar-refractivity contribution in [2.75, 3.05) is 5.32 Å². The number of hydrogen-bond acceptors (Lipinski definition) is 5. The van der Waals surface area contributed by atoms with Crippen LogP contribution in [-0.2, 0) is 6.42 Å². The Hall–Kier alpha value is -3.43. The predicted molar refractivity (Wildman–Crippen MR) is 109 cm³/mol. The van der Waals surface area contributed by atoms with Gasteiger partial charge in [0.25, 0.3) is 5.91 Å². The molecule has 0 aliphatic heterocycles. The molecule has 1 amide bonds. The maximum Gasteiger partial charge on any atom is 0.250 e. The molecule has 0 spiro atoms. The number of allylic oxidation sites excluding steroid dienone is 1. The zero-order valence-electron chi connectivity index (χ0n) is 14.8. The van der Waals surface area contributed by atoms with Crippen molar-refractivity contribution in [3.63, 3.8) is 0 Å². The summed E-state index contributed by atoms with van der Waals surface area (Å²) in [6, 6.07) is 17.3. The first-order valence-electron chi connectivity index (χ1n) is 8.43. The first-order chi connectivity index (χ1) is 13.1. The number of nitrogens with one attached hydrogen (secondary N) is 1. The SMILES string of the molecule is CCc1ccc(-c2csc(C(C#N)=CNc3ccccc3C(N)=O)n2)cc1. The quantitative estimate of drug-likeness (QED) is 0.624. The molecule has 0 radical (unpaired) electrons. The van der Waals surface area contributed by atoms with Crippen molar-refractivity contribution in [2.45, 2.75) is 13.3 Å². The summed E-state index contributed by atoms with van der Waals surface area (Å²) in [5, 5.41) is 15.0. The number of amides is 1. The van der Waals surface area contributed by atoms with Crippen LogP contribution in [0.2, 0.25) is 0 Å². The van der Waals surface area contributed by atoms with Crippen LogP contribution < -0.4 is 11.1 Å². The van der Waals surface area contributed by atoms with Crippen LogP contribution in [0, 0.1) is 11.3 Å². The number of aromatic nitrogens is 1. The van der Waals surface area contributed by atoms with E-state index >= 15 is 0 Å². The second-order valence-corrected chi connectivity index (χ2v) is 6.67. The lowest BCUT2D eigenvalue weighted by Crippen LogP contribution is -2.13. The molecule has 5 nitrogen and oxygen atoms in total. The molecule has 0 unspecified atom stereocenters. The van der Waals surface area contributed by atoms with Crippen molar-refractivity contribution < 1.29 is 4.79 Å². The lowest BCUT2D eigenvalue weighted by Gasteiger charge is -2.06. The number of nitriles is 1. The number of primary amides is 1. The fourth-order valence-corrected chi connectivity index (χ4v) is 3.35. The van der Waals surface area contributed by atoms with Crippen LogP contribution in [0.5, 0.6) is 0 Å². The zero-order chi connectivity index (χ0) is 19.2. The van der Waals surface area contributed by atoms with E-state index in [4.69, 9.17) is 5.73 Å². The molecule has 0 saturated heterocycles. The Kier molecular flexibility index (Phi) is 5.64. The van der Waals surface area contributed by atoms with Gasteiger partial charge >= 0.3 is 0 Å². The zero-order valence-corrected chi connectivity index (χ0v) is 15.6. The van der Waals surface area contributed by atoms with E-state index in [0.717, 1.165) is 17.7 Å². The molecule has 3 N–H and O–H groups in total. The topological polar surface area (TPSA) is 91.8 Å². The van der Waals surface area contributed by atoms with Crippen LogP contribution in [0.4, 0.5) is 5.69 Å². The largest absolute Gasteiger partial charge is 0.366 e. The Bertz CT molecular complexity index is 1030. The number of anilines is 1. The number of hydrogen-bond donors (Lipinski definition) is 2. The van der Waals surface area contributed by atoms with E-state index in [9.17, 15) is 10.1 Å². The first-order valence-corrected chi connectivity index (χ1v) is 9.31. The van der Waals surface area contributed by atoms with Crippen LogP contribution in [-0.4, -0.2) is 10.9 Å². The molecule has 0 fully saturated rings. The number of rotatable bonds is 6. The minimum absolute atomic E-state index is 0.363.